The first-order chi connectivity index (χ1) is 8.52. The maximum atomic E-state index is 5.75. The molecule has 3 N–H and O–H groups in total. The van der Waals surface area contributed by atoms with Crippen molar-refractivity contribution in [3.05, 3.63) is 54.1 Å². The second-order valence-corrected chi connectivity index (χ2v) is 7.99. The van der Waals surface area contributed by atoms with Gasteiger partial charge in [0.25, 0.3) is 0 Å². The number of thiophene rings is 1. The van der Waals surface area contributed by atoms with Crippen LogP contribution in [0.4, 0.5) is 0 Å². The minimum Gasteiger partial charge on any atom is -0.271 e. The Morgan fingerprint density at radius 1 is 1.17 bits per heavy atom. The molecule has 0 spiro atoms. The van der Waals surface area contributed by atoms with Crippen molar-refractivity contribution < 1.29 is 0 Å². The van der Waals surface area contributed by atoms with Crippen LogP contribution in [0, 0.1) is 13.8 Å². The molecule has 0 amide bonds. The van der Waals surface area contributed by atoms with Gasteiger partial charge in [-0.25, -0.2) is 5.43 Å². The van der Waals surface area contributed by atoms with E-state index in [1.54, 1.807) is 11.3 Å². The van der Waals surface area contributed by atoms with Gasteiger partial charge in [-0.05, 0) is 62.9 Å². The summed E-state index contributed by atoms with van der Waals surface area (Å²) in [4.78, 5) is 0. The van der Waals surface area contributed by atoms with Crippen LogP contribution in [0.2, 0.25) is 0 Å². The van der Waals surface area contributed by atoms with Gasteiger partial charge in [-0.1, -0.05) is 23.8 Å². The van der Waals surface area contributed by atoms with Crippen LogP contribution in [0.3, 0.4) is 0 Å². The van der Waals surface area contributed by atoms with Crippen LogP contribution in [0.25, 0.3) is 0 Å². The number of aryl methyl sites for hydroxylation is 2. The summed E-state index contributed by atoms with van der Waals surface area (Å²) in [5.41, 5.74) is 7.75. The van der Waals surface area contributed by atoms with Crippen molar-refractivity contribution in [3.63, 3.8) is 0 Å². The molecule has 2 nitrogen and oxygen atoms in total. The summed E-state index contributed by atoms with van der Waals surface area (Å²) in [7, 11) is 0. The highest BCUT2D eigenvalue weighted by molar-refractivity contribution is 9.12. The van der Waals surface area contributed by atoms with Crippen molar-refractivity contribution in [2.75, 3.05) is 0 Å². The largest absolute Gasteiger partial charge is 0.271 e. The molecule has 0 aliphatic carbocycles. The van der Waals surface area contributed by atoms with E-state index in [0.717, 1.165) is 13.1 Å². The van der Waals surface area contributed by atoms with Crippen LogP contribution in [0.1, 0.15) is 28.3 Å². The second kappa shape index (κ2) is 5.84. The van der Waals surface area contributed by atoms with Crippen molar-refractivity contribution in [2.24, 2.45) is 5.84 Å². The molecule has 2 aromatic rings. The van der Waals surface area contributed by atoms with Crippen LogP contribution in [-0.2, 0) is 0 Å². The number of hydrogen-bond donors (Lipinski definition) is 2. The van der Waals surface area contributed by atoms with E-state index in [0.29, 0.717) is 0 Å². The van der Waals surface area contributed by atoms with Gasteiger partial charge in [0.2, 0.25) is 0 Å². The zero-order valence-corrected chi connectivity index (χ0v) is 14.1. The molecule has 96 valence electrons. The standard InChI is InChI=1S/C13H14Br2N2S/c1-7-3-4-8(2)9(5-7)12(17-16)10-6-11(14)18-13(10)15/h3-6,12,17H,16H2,1-2H3. The topological polar surface area (TPSA) is 38.0 Å². The number of hydrogen-bond acceptors (Lipinski definition) is 3. The van der Waals surface area contributed by atoms with Crippen molar-refractivity contribution in [1.29, 1.82) is 0 Å². The van der Waals surface area contributed by atoms with E-state index >= 15 is 0 Å². The molecule has 1 aromatic heterocycles. The Bertz CT molecular complexity index is 566. The number of benzene rings is 1. The molecular formula is C13H14Br2N2S. The fourth-order valence-electron chi connectivity index (χ4n) is 1.97. The van der Waals surface area contributed by atoms with E-state index in [9.17, 15) is 0 Å². The normalized spacial score (nSPS) is 12.7. The lowest BCUT2D eigenvalue weighted by atomic mass is 9.96. The molecule has 0 radical (unpaired) electrons. The fourth-order valence-corrected chi connectivity index (χ4v) is 4.87. The first kappa shape index (κ1) is 14.2. The van der Waals surface area contributed by atoms with Gasteiger partial charge in [0.15, 0.2) is 0 Å². The molecule has 1 unspecified atom stereocenters. The molecule has 0 bridgehead atoms. The number of halogens is 2. The zero-order chi connectivity index (χ0) is 13.3. The third-order valence-electron chi connectivity index (χ3n) is 2.91. The van der Waals surface area contributed by atoms with Crippen molar-refractivity contribution in [2.45, 2.75) is 19.9 Å². The number of nitrogens with one attached hydrogen (secondary N) is 1. The molecule has 0 fully saturated rings. The fraction of sp³-hybridized carbons (Fsp3) is 0.231. The molecule has 0 aliphatic rings. The van der Waals surface area contributed by atoms with Crippen LogP contribution in [0.15, 0.2) is 31.8 Å². The third-order valence-corrected chi connectivity index (χ3v) is 5.29. The Morgan fingerprint density at radius 3 is 2.44 bits per heavy atom. The summed E-state index contributed by atoms with van der Waals surface area (Å²) in [6.45, 7) is 4.20. The third kappa shape index (κ3) is 2.86. The highest BCUT2D eigenvalue weighted by atomic mass is 79.9. The van der Waals surface area contributed by atoms with E-state index in [-0.39, 0.29) is 6.04 Å². The quantitative estimate of drug-likeness (QED) is 0.601. The smallest absolute Gasteiger partial charge is 0.0762 e. The van der Waals surface area contributed by atoms with E-state index in [1.807, 2.05) is 0 Å². The number of nitrogens with two attached hydrogens (primary N) is 1. The summed E-state index contributed by atoms with van der Waals surface area (Å²) in [5, 5.41) is 0. The average Bonchev–Trinajstić information content (AvgIpc) is 2.64. The molecule has 5 heteroatoms. The lowest BCUT2D eigenvalue weighted by molar-refractivity contribution is 0.633. The Morgan fingerprint density at radius 2 is 1.89 bits per heavy atom. The summed E-state index contributed by atoms with van der Waals surface area (Å²) >= 11 is 8.75. The highest BCUT2D eigenvalue weighted by Crippen LogP contribution is 2.38. The zero-order valence-electron chi connectivity index (χ0n) is 10.1. The summed E-state index contributed by atoms with van der Waals surface area (Å²) in [5.74, 6) is 5.75. The van der Waals surface area contributed by atoms with Gasteiger partial charge in [-0.15, -0.1) is 11.3 Å². The summed E-state index contributed by atoms with van der Waals surface area (Å²) in [6, 6.07) is 8.52. The van der Waals surface area contributed by atoms with Crippen molar-refractivity contribution in [1.82, 2.24) is 5.43 Å². The van der Waals surface area contributed by atoms with Gasteiger partial charge < -0.3 is 0 Å². The minimum atomic E-state index is 0.00169. The highest BCUT2D eigenvalue weighted by Gasteiger charge is 2.19. The Labute approximate surface area is 128 Å². The van der Waals surface area contributed by atoms with Gasteiger partial charge in [0.1, 0.15) is 0 Å². The second-order valence-electron chi connectivity index (χ2n) is 4.24. The van der Waals surface area contributed by atoms with E-state index in [1.165, 1.54) is 16.7 Å². The summed E-state index contributed by atoms with van der Waals surface area (Å²) < 4.78 is 2.19. The Kier molecular flexibility index (Phi) is 4.61. The van der Waals surface area contributed by atoms with Gasteiger partial charge in [-0.3, -0.25) is 5.84 Å². The minimum absolute atomic E-state index is 0.00169. The van der Waals surface area contributed by atoms with Gasteiger partial charge >= 0.3 is 0 Å². The van der Waals surface area contributed by atoms with Crippen LogP contribution in [0.5, 0.6) is 0 Å². The molecule has 0 saturated heterocycles. The first-order valence-corrected chi connectivity index (χ1v) is 7.91. The van der Waals surface area contributed by atoms with Gasteiger partial charge in [0, 0.05) is 5.56 Å². The first-order valence-electron chi connectivity index (χ1n) is 5.51. The molecule has 0 saturated carbocycles. The molecule has 1 heterocycles. The maximum Gasteiger partial charge on any atom is 0.0762 e. The van der Waals surface area contributed by atoms with Crippen LogP contribution < -0.4 is 11.3 Å². The lowest BCUT2D eigenvalue weighted by Gasteiger charge is -2.19. The van der Waals surface area contributed by atoms with Crippen LogP contribution in [-0.4, -0.2) is 0 Å². The van der Waals surface area contributed by atoms with Gasteiger partial charge in [-0.2, -0.15) is 0 Å². The van der Waals surface area contributed by atoms with Crippen molar-refractivity contribution >= 4 is 43.2 Å². The van der Waals surface area contributed by atoms with E-state index in [2.05, 4.69) is 75.4 Å². The predicted molar refractivity (Wildman–Crippen MR) is 84.8 cm³/mol. The van der Waals surface area contributed by atoms with E-state index in [4.69, 9.17) is 5.84 Å². The van der Waals surface area contributed by atoms with Gasteiger partial charge in [0.05, 0.1) is 13.6 Å². The lowest BCUT2D eigenvalue weighted by Crippen LogP contribution is -2.29. The molecular weight excluding hydrogens is 376 g/mol. The molecule has 1 atom stereocenters. The molecule has 18 heavy (non-hydrogen) atoms. The number of hydrazine groups is 1. The summed E-state index contributed by atoms with van der Waals surface area (Å²) in [6.07, 6.45) is 0. The molecule has 0 aliphatic heterocycles. The van der Waals surface area contributed by atoms with Crippen LogP contribution >= 0.6 is 43.2 Å². The number of rotatable bonds is 3. The molecule has 2 rings (SSSR count). The van der Waals surface area contributed by atoms with E-state index < -0.39 is 0 Å². The monoisotopic (exact) mass is 388 g/mol. The Hall–Kier alpha value is -0.200. The SMILES string of the molecule is Cc1ccc(C)c(C(NN)c2cc(Br)sc2Br)c1. The predicted octanol–water partition coefficient (Wildman–Crippen LogP) is 4.44. The Balaban J connectivity index is 2.51. The molecule has 1 aromatic carbocycles. The average molecular weight is 390 g/mol. The maximum absolute atomic E-state index is 5.75. The van der Waals surface area contributed by atoms with Crippen molar-refractivity contribution in [3.8, 4) is 0 Å².